The van der Waals surface area contributed by atoms with Crippen LogP contribution in [-0.2, 0) is 14.4 Å². The molecule has 6 atom stereocenters. The van der Waals surface area contributed by atoms with Gasteiger partial charge in [-0.1, -0.05) is 18.2 Å². The third kappa shape index (κ3) is 2.55. The molecule has 5 aliphatic rings. The number of imide groups is 1. The zero-order chi connectivity index (χ0) is 18.9. The lowest BCUT2D eigenvalue weighted by Gasteiger charge is -2.37. The first-order valence-corrected chi connectivity index (χ1v) is 9.86. The summed E-state index contributed by atoms with van der Waals surface area (Å²) < 4.78 is 0. The van der Waals surface area contributed by atoms with Crippen molar-refractivity contribution in [3.63, 3.8) is 0 Å². The van der Waals surface area contributed by atoms with Gasteiger partial charge in [0.05, 0.1) is 11.8 Å². The van der Waals surface area contributed by atoms with Crippen molar-refractivity contribution in [2.24, 2.45) is 35.5 Å². The van der Waals surface area contributed by atoms with Crippen LogP contribution in [0.2, 0.25) is 0 Å². The van der Waals surface area contributed by atoms with Crippen LogP contribution >= 0.6 is 0 Å². The number of carbonyl (C=O) groups excluding carboxylic acids is 3. The van der Waals surface area contributed by atoms with E-state index in [0.29, 0.717) is 11.8 Å². The molecule has 140 valence electrons. The molecule has 27 heavy (non-hydrogen) atoms. The maximum absolute atomic E-state index is 12.9. The summed E-state index contributed by atoms with van der Waals surface area (Å²) in [4.78, 5) is 39.5. The van der Waals surface area contributed by atoms with Crippen LogP contribution in [0.5, 0.6) is 0 Å². The predicted molar refractivity (Wildman–Crippen MR) is 101 cm³/mol. The number of carbonyl (C=O) groups is 3. The van der Waals surface area contributed by atoms with Crippen molar-refractivity contribution in [3.05, 3.63) is 41.5 Å². The summed E-state index contributed by atoms with van der Waals surface area (Å²) in [6, 6.07) is 5.88. The Hall–Kier alpha value is -2.43. The molecule has 2 saturated carbocycles. The minimum Gasteiger partial charge on any atom is -0.326 e. The molecule has 1 aromatic rings. The topological polar surface area (TPSA) is 66.5 Å². The number of amides is 3. The van der Waals surface area contributed by atoms with Gasteiger partial charge < -0.3 is 5.32 Å². The maximum atomic E-state index is 12.9. The Morgan fingerprint density at radius 3 is 2.11 bits per heavy atom. The molecule has 0 radical (unpaired) electrons. The second-order valence-electron chi connectivity index (χ2n) is 8.66. The lowest BCUT2D eigenvalue weighted by molar-refractivity contribution is -0.140. The summed E-state index contributed by atoms with van der Waals surface area (Å²) in [5.74, 6) is 1.02. The maximum Gasteiger partial charge on any atom is 0.233 e. The average molecular weight is 364 g/mol. The standard InChI is InChI=1S/C22H24N2O3/c1-11-7-12(2)9-13(8-11)23-18(25)5-6-24-21(26)19-14-3-4-15(17-10-16(14)17)20(19)22(24)27/h3-4,7-9,14-17,19-20H,5-6,10H2,1-2H3,(H,23,25)/t14-,15-,16-,17-,19-,20+/m0/s1. The van der Waals surface area contributed by atoms with E-state index in [0.717, 1.165) is 23.2 Å². The number of hydrogen-bond acceptors (Lipinski definition) is 3. The lowest BCUT2D eigenvalue weighted by Crippen LogP contribution is -2.40. The van der Waals surface area contributed by atoms with E-state index in [1.807, 2.05) is 32.0 Å². The van der Waals surface area contributed by atoms with Crippen LogP contribution in [0, 0.1) is 49.4 Å². The van der Waals surface area contributed by atoms with Crippen molar-refractivity contribution in [2.45, 2.75) is 26.7 Å². The van der Waals surface area contributed by atoms with Crippen molar-refractivity contribution in [1.29, 1.82) is 0 Å². The zero-order valence-electron chi connectivity index (χ0n) is 15.6. The molecule has 1 saturated heterocycles. The SMILES string of the molecule is Cc1cc(C)cc(NC(=O)CCN2C(=O)[C@@H]3[C@H]4C=C[C@@H]([C@@H]5C[C@@H]45)[C@@H]3C2=O)c1. The summed E-state index contributed by atoms with van der Waals surface area (Å²) in [5.41, 5.74) is 2.93. The number of anilines is 1. The van der Waals surface area contributed by atoms with Crippen LogP contribution in [0.4, 0.5) is 5.69 Å². The number of hydrogen-bond donors (Lipinski definition) is 1. The Balaban J connectivity index is 1.25. The van der Waals surface area contributed by atoms with Crippen molar-refractivity contribution in [2.75, 3.05) is 11.9 Å². The predicted octanol–water partition coefficient (Wildman–Crippen LogP) is 2.69. The van der Waals surface area contributed by atoms with Gasteiger partial charge in [0.15, 0.2) is 0 Å². The minimum absolute atomic E-state index is 0.0612. The molecule has 4 aliphatic carbocycles. The number of rotatable bonds is 4. The quantitative estimate of drug-likeness (QED) is 0.660. The van der Waals surface area contributed by atoms with Gasteiger partial charge in [-0.3, -0.25) is 19.3 Å². The second-order valence-corrected chi connectivity index (χ2v) is 8.66. The fourth-order valence-corrected chi connectivity index (χ4v) is 5.72. The molecular formula is C22H24N2O3. The van der Waals surface area contributed by atoms with Crippen LogP contribution in [0.3, 0.4) is 0 Å². The molecule has 0 aromatic heterocycles. The monoisotopic (exact) mass is 364 g/mol. The molecule has 3 amide bonds. The molecule has 1 heterocycles. The number of likely N-dealkylation sites (tertiary alicyclic amines) is 1. The Morgan fingerprint density at radius 1 is 1.00 bits per heavy atom. The van der Waals surface area contributed by atoms with E-state index in [9.17, 15) is 14.4 Å². The third-order valence-electron chi connectivity index (χ3n) is 6.82. The van der Waals surface area contributed by atoms with Crippen LogP contribution in [0.1, 0.15) is 24.0 Å². The summed E-state index contributed by atoms with van der Waals surface area (Å²) in [7, 11) is 0. The van der Waals surface area contributed by atoms with Crippen molar-refractivity contribution >= 4 is 23.4 Å². The highest BCUT2D eigenvalue weighted by molar-refractivity contribution is 6.06. The number of nitrogens with zero attached hydrogens (tertiary/aromatic N) is 1. The summed E-state index contributed by atoms with van der Waals surface area (Å²) in [5, 5.41) is 2.88. The van der Waals surface area contributed by atoms with E-state index >= 15 is 0 Å². The smallest absolute Gasteiger partial charge is 0.233 e. The van der Waals surface area contributed by atoms with Gasteiger partial charge in [-0.05, 0) is 67.2 Å². The fraction of sp³-hybridized carbons (Fsp3) is 0.500. The molecule has 0 unspecified atom stereocenters. The molecule has 5 nitrogen and oxygen atoms in total. The van der Waals surface area contributed by atoms with Crippen molar-refractivity contribution in [3.8, 4) is 0 Å². The first kappa shape index (κ1) is 16.7. The molecule has 1 aromatic carbocycles. The van der Waals surface area contributed by atoms with Gasteiger partial charge in [-0.25, -0.2) is 0 Å². The summed E-state index contributed by atoms with van der Waals surface area (Å²) in [6.07, 6.45) is 5.64. The van der Waals surface area contributed by atoms with Crippen molar-refractivity contribution in [1.82, 2.24) is 4.90 Å². The van der Waals surface area contributed by atoms with E-state index < -0.39 is 0 Å². The Morgan fingerprint density at radius 2 is 1.56 bits per heavy atom. The number of benzene rings is 1. The fourth-order valence-electron chi connectivity index (χ4n) is 5.72. The Bertz CT molecular complexity index is 833. The Kier molecular flexibility index (Phi) is 3.58. The lowest BCUT2D eigenvalue weighted by atomic mass is 9.63. The molecule has 3 fully saturated rings. The molecule has 2 bridgehead atoms. The van der Waals surface area contributed by atoms with Gasteiger partial charge in [-0.2, -0.15) is 0 Å². The van der Waals surface area contributed by atoms with E-state index in [1.165, 1.54) is 4.90 Å². The van der Waals surface area contributed by atoms with Gasteiger partial charge in [-0.15, -0.1) is 0 Å². The first-order valence-electron chi connectivity index (χ1n) is 9.86. The van der Waals surface area contributed by atoms with Crippen LogP contribution in [0.15, 0.2) is 30.4 Å². The summed E-state index contributed by atoms with van der Waals surface area (Å²) >= 11 is 0. The normalized spacial score (nSPS) is 35.3. The highest BCUT2D eigenvalue weighted by Crippen LogP contribution is 2.65. The average Bonchev–Trinajstić information content (AvgIpc) is 3.38. The highest BCUT2D eigenvalue weighted by atomic mass is 16.2. The van der Waals surface area contributed by atoms with Crippen LogP contribution < -0.4 is 5.32 Å². The zero-order valence-corrected chi connectivity index (χ0v) is 15.6. The van der Waals surface area contributed by atoms with E-state index in [2.05, 4.69) is 17.5 Å². The van der Waals surface area contributed by atoms with Crippen LogP contribution in [0.25, 0.3) is 0 Å². The van der Waals surface area contributed by atoms with Gasteiger partial charge >= 0.3 is 0 Å². The molecule has 5 heteroatoms. The van der Waals surface area contributed by atoms with E-state index in [1.54, 1.807) is 0 Å². The molecule has 1 N–H and O–H groups in total. The number of allylic oxidation sites excluding steroid dienone is 2. The van der Waals surface area contributed by atoms with Gasteiger partial charge in [0, 0.05) is 18.7 Å². The van der Waals surface area contributed by atoms with Gasteiger partial charge in [0.1, 0.15) is 0 Å². The summed E-state index contributed by atoms with van der Waals surface area (Å²) in [6.45, 7) is 4.15. The Labute approximate surface area is 158 Å². The first-order chi connectivity index (χ1) is 12.9. The number of nitrogens with one attached hydrogen (secondary N) is 1. The van der Waals surface area contributed by atoms with Gasteiger partial charge in [0.2, 0.25) is 17.7 Å². The largest absolute Gasteiger partial charge is 0.326 e. The van der Waals surface area contributed by atoms with E-state index in [-0.39, 0.29) is 54.4 Å². The van der Waals surface area contributed by atoms with Crippen LogP contribution in [-0.4, -0.2) is 29.2 Å². The molecule has 0 spiro atoms. The van der Waals surface area contributed by atoms with Gasteiger partial charge in [0.25, 0.3) is 0 Å². The number of aryl methyl sites for hydroxylation is 2. The molecular weight excluding hydrogens is 340 g/mol. The molecule has 1 aliphatic heterocycles. The highest BCUT2D eigenvalue weighted by Gasteiger charge is 2.66. The minimum atomic E-state index is -0.182. The van der Waals surface area contributed by atoms with E-state index in [4.69, 9.17) is 0 Å². The van der Waals surface area contributed by atoms with Crippen molar-refractivity contribution < 1.29 is 14.4 Å². The molecule has 6 rings (SSSR count). The third-order valence-corrected chi connectivity index (χ3v) is 6.82. The second kappa shape index (κ2) is 5.78.